The van der Waals surface area contributed by atoms with E-state index in [-0.39, 0.29) is 6.54 Å². The fraction of sp³-hybridized carbons (Fsp3) is 0.357. The van der Waals surface area contributed by atoms with E-state index in [2.05, 4.69) is 25.1 Å². The summed E-state index contributed by atoms with van der Waals surface area (Å²) < 4.78 is 0. The molecule has 0 heterocycles. The summed E-state index contributed by atoms with van der Waals surface area (Å²) in [7, 11) is 0. The van der Waals surface area contributed by atoms with Gasteiger partial charge in [-0.3, -0.25) is 10.1 Å². The molecule has 1 aromatic carbocycles. The van der Waals surface area contributed by atoms with E-state index in [1.807, 2.05) is 24.3 Å². The molecular formula is C14H17NO2. The molecule has 90 valence electrons. The molecule has 3 heteroatoms. The zero-order chi connectivity index (χ0) is 12.8. The van der Waals surface area contributed by atoms with E-state index in [1.165, 1.54) is 5.56 Å². The molecule has 0 aromatic heterocycles. The van der Waals surface area contributed by atoms with Crippen LogP contribution in [0.25, 0.3) is 0 Å². The van der Waals surface area contributed by atoms with Crippen molar-refractivity contribution in [2.75, 3.05) is 6.54 Å². The second-order valence-corrected chi connectivity index (χ2v) is 4.18. The van der Waals surface area contributed by atoms with Crippen molar-refractivity contribution in [2.45, 2.75) is 25.8 Å². The molecule has 3 nitrogen and oxygen atoms in total. The normalized spacial score (nSPS) is 12.1. The lowest BCUT2D eigenvalue weighted by molar-refractivity contribution is -0.139. The zero-order valence-electron chi connectivity index (χ0n) is 10.1. The second kappa shape index (κ2) is 6.07. The molecular weight excluding hydrogens is 214 g/mol. The summed E-state index contributed by atoms with van der Waals surface area (Å²) in [6, 6.07) is 6.82. The van der Waals surface area contributed by atoms with E-state index >= 15 is 0 Å². The average Bonchev–Trinajstić information content (AvgIpc) is 2.29. The summed E-state index contributed by atoms with van der Waals surface area (Å²) in [6.45, 7) is 4.43. The van der Waals surface area contributed by atoms with E-state index in [0.717, 1.165) is 5.56 Å². The van der Waals surface area contributed by atoms with Gasteiger partial charge in [0.1, 0.15) is 6.04 Å². The van der Waals surface area contributed by atoms with Gasteiger partial charge in [-0.05, 0) is 17.0 Å². The molecule has 0 aliphatic carbocycles. The lowest BCUT2D eigenvalue weighted by Crippen LogP contribution is -2.28. The maximum atomic E-state index is 11.1. The summed E-state index contributed by atoms with van der Waals surface area (Å²) in [4.78, 5) is 11.1. The highest BCUT2D eigenvalue weighted by atomic mass is 16.4. The van der Waals surface area contributed by atoms with Crippen LogP contribution in [0.15, 0.2) is 24.3 Å². The van der Waals surface area contributed by atoms with Crippen LogP contribution in [-0.2, 0) is 4.79 Å². The Morgan fingerprint density at radius 2 is 1.88 bits per heavy atom. The number of terminal acetylenes is 1. The number of hydrogen-bond acceptors (Lipinski definition) is 2. The van der Waals surface area contributed by atoms with E-state index in [4.69, 9.17) is 11.5 Å². The minimum absolute atomic E-state index is 0.239. The van der Waals surface area contributed by atoms with E-state index in [0.29, 0.717) is 5.92 Å². The summed E-state index contributed by atoms with van der Waals surface area (Å²) in [5.74, 6) is 1.90. The van der Waals surface area contributed by atoms with Gasteiger partial charge in [-0.2, -0.15) is 0 Å². The molecule has 0 bridgehead atoms. The predicted octanol–water partition coefficient (Wildman–Crippen LogP) is 2.16. The van der Waals surface area contributed by atoms with E-state index in [9.17, 15) is 4.79 Å². The third-order valence-electron chi connectivity index (χ3n) is 2.59. The van der Waals surface area contributed by atoms with Crippen LogP contribution in [0.3, 0.4) is 0 Å². The molecule has 0 amide bonds. The van der Waals surface area contributed by atoms with Crippen molar-refractivity contribution in [3.05, 3.63) is 35.4 Å². The van der Waals surface area contributed by atoms with Crippen LogP contribution in [0.5, 0.6) is 0 Å². The van der Waals surface area contributed by atoms with Crippen LogP contribution < -0.4 is 5.32 Å². The molecule has 1 aromatic rings. The van der Waals surface area contributed by atoms with Gasteiger partial charge < -0.3 is 5.11 Å². The molecule has 1 atom stereocenters. The molecule has 0 aliphatic heterocycles. The van der Waals surface area contributed by atoms with Crippen LogP contribution in [0, 0.1) is 12.3 Å². The molecule has 1 rings (SSSR count). The van der Waals surface area contributed by atoms with Crippen LogP contribution in [0.4, 0.5) is 0 Å². The lowest BCUT2D eigenvalue weighted by Gasteiger charge is -2.14. The number of carboxylic acids is 1. The molecule has 0 saturated carbocycles. The van der Waals surface area contributed by atoms with Gasteiger partial charge in [-0.15, -0.1) is 6.42 Å². The number of nitrogens with one attached hydrogen (secondary N) is 1. The maximum absolute atomic E-state index is 11.1. The number of benzene rings is 1. The highest BCUT2D eigenvalue weighted by Crippen LogP contribution is 2.18. The van der Waals surface area contributed by atoms with Gasteiger partial charge in [-0.25, -0.2) is 0 Å². The Balaban J connectivity index is 2.88. The summed E-state index contributed by atoms with van der Waals surface area (Å²) >= 11 is 0. The van der Waals surface area contributed by atoms with Crippen LogP contribution in [-0.4, -0.2) is 17.6 Å². The summed E-state index contributed by atoms with van der Waals surface area (Å²) in [5, 5.41) is 11.9. The van der Waals surface area contributed by atoms with Crippen molar-refractivity contribution in [3.63, 3.8) is 0 Å². The van der Waals surface area contributed by atoms with Crippen LogP contribution in [0.1, 0.15) is 36.9 Å². The molecule has 0 saturated heterocycles. The Kier molecular flexibility index (Phi) is 4.74. The van der Waals surface area contributed by atoms with Crippen molar-refractivity contribution in [1.82, 2.24) is 5.32 Å². The molecule has 1 unspecified atom stereocenters. The van der Waals surface area contributed by atoms with Crippen molar-refractivity contribution < 1.29 is 9.90 Å². The molecule has 2 N–H and O–H groups in total. The Labute approximate surface area is 102 Å². The predicted molar refractivity (Wildman–Crippen MR) is 67.7 cm³/mol. The fourth-order valence-corrected chi connectivity index (χ4v) is 1.58. The number of aliphatic carboxylic acids is 1. The third-order valence-corrected chi connectivity index (χ3v) is 2.59. The van der Waals surface area contributed by atoms with Crippen molar-refractivity contribution >= 4 is 5.97 Å². The van der Waals surface area contributed by atoms with Gasteiger partial charge in [0.25, 0.3) is 0 Å². The Bertz CT molecular complexity index is 415. The minimum Gasteiger partial charge on any atom is -0.480 e. The topological polar surface area (TPSA) is 49.3 Å². The number of hydrogen-bond donors (Lipinski definition) is 2. The van der Waals surface area contributed by atoms with Crippen LogP contribution in [0.2, 0.25) is 0 Å². The maximum Gasteiger partial charge on any atom is 0.325 e. The third kappa shape index (κ3) is 3.61. The second-order valence-electron chi connectivity index (χ2n) is 4.18. The summed E-state index contributed by atoms with van der Waals surface area (Å²) in [5.41, 5.74) is 1.91. The first kappa shape index (κ1) is 13.3. The Hall–Kier alpha value is -1.79. The van der Waals surface area contributed by atoms with Gasteiger partial charge in [-0.1, -0.05) is 44.0 Å². The smallest absolute Gasteiger partial charge is 0.325 e. The first-order valence-electron chi connectivity index (χ1n) is 5.55. The van der Waals surface area contributed by atoms with E-state index < -0.39 is 12.0 Å². The number of rotatable bonds is 5. The number of carboxylic acid groups (broad SMARTS) is 1. The van der Waals surface area contributed by atoms with Gasteiger partial charge in [0.2, 0.25) is 0 Å². The SMILES string of the molecule is C#CCNC(C(=O)O)c1ccc(C(C)C)cc1. The first-order chi connectivity index (χ1) is 8.06. The van der Waals surface area contributed by atoms with Crippen molar-refractivity contribution in [1.29, 1.82) is 0 Å². The van der Waals surface area contributed by atoms with Crippen LogP contribution >= 0.6 is 0 Å². The van der Waals surface area contributed by atoms with Crippen molar-refractivity contribution in [2.24, 2.45) is 0 Å². The highest BCUT2D eigenvalue weighted by Gasteiger charge is 2.18. The zero-order valence-corrected chi connectivity index (χ0v) is 10.1. The summed E-state index contributed by atoms with van der Waals surface area (Å²) in [6.07, 6.45) is 5.11. The standard InChI is InChI=1S/C14H17NO2/c1-4-9-15-13(14(16)17)12-7-5-11(6-8-12)10(2)3/h1,5-8,10,13,15H,9H2,2-3H3,(H,16,17). The molecule has 0 spiro atoms. The van der Waals surface area contributed by atoms with Gasteiger partial charge in [0, 0.05) is 0 Å². The highest BCUT2D eigenvalue weighted by molar-refractivity contribution is 5.75. The Morgan fingerprint density at radius 3 is 2.29 bits per heavy atom. The first-order valence-corrected chi connectivity index (χ1v) is 5.55. The molecule has 0 fully saturated rings. The quantitative estimate of drug-likeness (QED) is 0.763. The van der Waals surface area contributed by atoms with Crippen molar-refractivity contribution in [3.8, 4) is 12.3 Å². The number of carbonyl (C=O) groups is 1. The molecule has 0 aliphatic rings. The molecule has 0 radical (unpaired) electrons. The average molecular weight is 231 g/mol. The van der Waals surface area contributed by atoms with E-state index in [1.54, 1.807) is 0 Å². The lowest BCUT2D eigenvalue weighted by atomic mass is 9.99. The largest absolute Gasteiger partial charge is 0.480 e. The molecule has 17 heavy (non-hydrogen) atoms. The fourth-order valence-electron chi connectivity index (χ4n) is 1.58. The Morgan fingerprint density at radius 1 is 1.35 bits per heavy atom. The monoisotopic (exact) mass is 231 g/mol. The minimum atomic E-state index is -0.919. The van der Waals surface area contributed by atoms with Gasteiger partial charge >= 0.3 is 5.97 Å². The van der Waals surface area contributed by atoms with Gasteiger partial charge in [0.05, 0.1) is 6.54 Å². The van der Waals surface area contributed by atoms with Gasteiger partial charge in [0.15, 0.2) is 0 Å².